The van der Waals surface area contributed by atoms with Crippen LogP contribution in [0.15, 0.2) is 42.9 Å². The van der Waals surface area contributed by atoms with E-state index in [1.54, 1.807) is 43.6 Å². The number of amides is 1. The number of hydrogen-bond acceptors (Lipinski definition) is 5. The van der Waals surface area contributed by atoms with Crippen molar-refractivity contribution < 1.29 is 14.3 Å². The Labute approximate surface area is 142 Å². The maximum atomic E-state index is 12.1. The highest BCUT2D eigenvalue weighted by Crippen LogP contribution is 2.20. The van der Waals surface area contributed by atoms with Gasteiger partial charge in [-0.1, -0.05) is 13.8 Å². The lowest BCUT2D eigenvalue weighted by Gasteiger charge is -2.14. The summed E-state index contributed by atoms with van der Waals surface area (Å²) in [6.07, 6.45) is 5.12. The number of anilines is 1. The number of ether oxygens (including phenoxy) is 2. The van der Waals surface area contributed by atoms with E-state index in [1.807, 2.05) is 0 Å². The molecular formula is C18H23N3O3. The average molecular weight is 329 g/mol. The Morgan fingerprint density at radius 1 is 1.17 bits per heavy atom. The highest BCUT2D eigenvalue weighted by Gasteiger charge is 2.13. The van der Waals surface area contributed by atoms with Gasteiger partial charge in [-0.25, -0.2) is 4.98 Å². The van der Waals surface area contributed by atoms with Gasteiger partial charge < -0.3 is 14.8 Å². The molecule has 1 heterocycles. The molecule has 0 saturated carbocycles. The number of nitrogens with one attached hydrogen (secondary N) is 1. The van der Waals surface area contributed by atoms with E-state index < -0.39 is 6.10 Å². The van der Waals surface area contributed by atoms with E-state index in [0.29, 0.717) is 29.8 Å². The van der Waals surface area contributed by atoms with Gasteiger partial charge in [0, 0.05) is 24.7 Å². The van der Waals surface area contributed by atoms with Crippen molar-refractivity contribution in [2.75, 3.05) is 11.9 Å². The van der Waals surface area contributed by atoms with Gasteiger partial charge in [0.05, 0.1) is 6.20 Å². The zero-order chi connectivity index (χ0) is 17.4. The highest BCUT2D eigenvalue weighted by atomic mass is 16.5. The molecule has 1 atom stereocenters. The zero-order valence-electron chi connectivity index (χ0n) is 14.2. The van der Waals surface area contributed by atoms with Gasteiger partial charge in [0.25, 0.3) is 5.91 Å². The van der Waals surface area contributed by atoms with Crippen LogP contribution in [0.25, 0.3) is 0 Å². The second-order valence-corrected chi connectivity index (χ2v) is 5.85. The molecule has 1 amide bonds. The van der Waals surface area contributed by atoms with Crippen LogP contribution < -0.4 is 10.1 Å². The molecule has 1 aromatic carbocycles. The second-order valence-electron chi connectivity index (χ2n) is 5.85. The fourth-order valence-electron chi connectivity index (χ4n) is 1.87. The van der Waals surface area contributed by atoms with Gasteiger partial charge in [0.2, 0.25) is 5.88 Å². The van der Waals surface area contributed by atoms with E-state index in [9.17, 15) is 4.79 Å². The molecule has 128 valence electrons. The molecule has 6 nitrogen and oxygen atoms in total. The molecule has 24 heavy (non-hydrogen) atoms. The standard InChI is InChI=1S/C18H23N3O3/c1-13(2)8-11-23-14(3)18(22)21-15-4-6-16(7-5-15)24-17-12-19-9-10-20-17/h4-7,9-10,12-14H,8,11H2,1-3H3,(H,21,22). The largest absolute Gasteiger partial charge is 0.438 e. The zero-order valence-corrected chi connectivity index (χ0v) is 14.2. The Morgan fingerprint density at radius 2 is 1.92 bits per heavy atom. The molecule has 0 spiro atoms. The molecule has 0 bridgehead atoms. The maximum Gasteiger partial charge on any atom is 0.253 e. The first kappa shape index (κ1) is 17.9. The predicted molar refractivity (Wildman–Crippen MR) is 92.0 cm³/mol. The number of rotatable bonds is 8. The van der Waals surface area contributed by atoms with Crippen molar-refractivity contribution >= 4 is 11.6 Å². The van der Waals surface area contributed by atoms with Crippen LogP contribution in [0.5, 0.6) is 11.6 Å². The third kappa shape index (κ3) is 5.96. The molecule has 0 aliphatic heterocycles. The van der Waals surface area contributed by atoms with Crippen LogP contribution >= 0.6 is 0 Å². The SMILES string of the molecule is CC(C)CCOC(C)C(=O)Nc1ccc(Oc2cnccn2)cc1. The van der Waals surface area contributed by atoms with Crippen LogP contribution in [0.2, 0.25) is 0 Å². The third-order valence-corrected chi connectivity index (χ3v) is 3.32. The van der Waals surface area contributed by atoms with E-state index in [0.717, 1.165) is 6.42 Å². The summed E-state index contributed by atoms with van der Waals surface area (Å²) in [7, 11) is 0. The van der Waals surface area contributed by atoms with Gasteiger partial charge in [-0.3, -0.25) is 9.78 Å². The molecule has 1 N–H and O–H groups in total. The normalized spacial score (nSPS) is 12.0. The summed E-state index contributed by atoms with van der Waals surface area (Å²) >= 11 is 0. The van der Waals surface area contributed by atoms with Crippen LogP contribution in [0.1, 0.15) is 27.2 Å². The quantitative estimate of drug-likeness (QED) is 0.800. The molecule has 6 heteroatoms. The highest BCUT2D eigenvalue weighted by molar-refractivity contribution is 5.93. The first-order valence-corrected chi connectivity index (χ1v) is 8.01. The average Bonchev–Trinajstić information content (AvgIpc) is 2.57. The van der Waals surface area contributed by atoms with Gasteiger partial charge >= 0.3 is 0 Å². The monoisotopic (exact) mass is 329 g/mol. The second kappa shape index (κ2) is 8.98. The van der Waals surface area contributed by atoms with Crippen molar-refractivity contribution in [3.63, 3.8) is 0 Å². The van der Waals surface area contributed by atoms with Crippen LogP contribution in [-0.4, -0.2) is 28.6 Å². The Morgan fingerprint density at radius 3 is 2.54 bits per heavy atom. The van der Waals surface area contributed by atoms with Crippen molar-refractivity contribution in [2.24, 2.45) is 5.92 Å². The maximum absolute atomic E-state index is 12.1. The predicted octanol–water partition coefficient (Wildman–Crippen LogP) is 3.66. The number of carbonyl (C=O) groups excluding carboxylic acids is 1. The van der Waals surface area contributed by atoms with Gasteiger partial charge in [-0.15, -0.1) is 0 Å². The molecule has 0 saturated heterocycles. The smallest absolute Gasteiger partial charge is 0.253 e. The fourth-order valence-corrected chi connectivity index (χ4v) is 1.87. The van der Waals surface area contributed by atoms with Gasteiger partial charge in [-0.05, 0) is 43.5 Å². The van der Waals surface area contributed by atoms with E-state index in [-0.39, 0.29) is 5.91 Å². The van der Waals surface area contributed by atoms with Crippen LogP contribution in [0, 0.1) is 5.92 Å². The Hall–Kier alpha value is -2.47. The minimum Gasteiger partial charge on any atom is -0.438 e. The number of hydrogen-bond donors (Lipinski definition) is 1. The summed E-state index contributed by atoms with van der Waals surface area (Å²) in [5, 5.41) is 2.82. The van der Waals surface area contributed by atoms with Crippen molar-refractivity contribution in [1.29, 1.82) is 0 Å². The summed E-state index contributed by atoms with van der Waals surface area (Å²) in [5.74, 6) is 1.43. The van der Waals surface area contributed by atoms with Gasteiger partial charge in [0.15, 0.2) is 0 Å². The van der Waals surface area contributed by atoms with Crippen LogP contribution in [0.3, 0.4) is 0 Å². The lowest BCUT2D eigenvalue weighted by Crippen LogP contribution is -2.28. The Bertz CT molecular complexity index is 630. The van der Waals surface area contributed by atoms with Crippen molar-refractivity contribution in [3.05, 3.63) is 42.9 Å². The van der Waals surface area contributed by atoms with Crippen molar-refractivity contribution in [2.45, 2.75) is 33.3 Å². The molecular weight excluding hydrogens is 306 g/mol. The van der Waals surface area contributed by atoms with Crippen molar-refractivity contribution in [1.82, 2.24) is 9.97 Å². The van der Waals surface area contributed by atoms with E-state index >= 15 is 0 Å². The molecule has 2 rings (SSSR count). The van der Waals surface area contributed by atoms with Crippen molar-refractivity contribution in [3.8, 4) is 11.6 Å². The molecule has 2 aromatic rings. The summed E-state index contributed by atoms with van der Waals surface area (Å²) in [5.41, 5.74) is 0.686. The lowest BCUT2D eigenvalue weighted by molar-refractivity contribution is -0.126. The Balaban J connectivity index is 1.83. The first-order chi connectivity index (χ1) is 11.5. The molecule has 0 fully saturated rings. The number of aromatic nitrogens is 2. The van der Waals surface area contributed by atoms with E-state index in [4.69, 9.17) is 9.47 Å². The first-order valence-electron chi connectivity index (χ1n) is 8.01. The Kier molecular flexibility index (Phi) is 6.69. The molecule has 1 aromatic heterocycles. The summed E-state index contributed by atoms with van der Waals surface area (Å²) in [6.45, 7) is 6.58. The summed E-state index contributed by atoms with van der Waals surface area (Å²) < 4.78 is 11.1. The van der Waals surface area contributed by atoms with E-state index in [2.05, 4.69) is 29.1 Å². The molecule has 0 aliphatic rings. The summed E-state index contributed by atoms with van der Waals surface area (Å²) in [4.78, 5) is 20.1. The van der Waals surface area contributed by atoms with Gasteiger partial charge in [-0.2, -0.15) is 0 Å². The molecule has 0 radical (unpaired) electrons. The third-order valence-electron chi connectivity index (χ3n) is 3.32. The lowest BCUT2D eigenvalue weighted by atomic mass is 10.1. The topological polar surface area (TPSA) is 73.3 Å². The van der Waals surface area contributed by atoms with Gasteiger partial charge in [0.1, 0.15) is 11.9 Å². The number of nitrogens with zero attached hydrogens (tertiary/aromatic N) is 2. The summed E-state index contributed by atoms with van der Waals surface area (Å²) in [6, 6.07) is 7.05. The minimum absolute atomic E-state index is 0.165. The number of benzene rings is 1. The van der Waals surface area contributed by atoms with E-state index in [1.165, 1.54) is 6.20 Å². The minimum atomic E-state index is -0.487. The molecule has 0 aliphatic carbocycles. The van der Waals surface area contributed by atoms with Crippen LogP contribution in [-0.2, 0) is 9.53 Å². The molecule has 1 unspecified atom stereocenters. The fraction of sp³-hybridized carbons (Fsp3) is 0.389. The van der Waals surface area contributed by atoms with Crippen LogP contribution in [0.4, 0.5) is 5.69 Å². The number of carbonyl (C=O) groups is 1.